The van der Waals surface area contributed by atoms with Crippen LogP contribution in [0.4, 0.5) is 0 Å². The molecule has 0 heterocycles. The molecule has 1 amide bonds. The number of amides is 1. The molecule has 0 rings (SSSR count). The highest BCUT2D eigenvalue weighted by atomic mass is 16.2. The van der Waals surface area contributed by atoms with Crippen molar-refractivity contribution in [3.63, 3.8) is 0 Å². The zero-order chi connectivity index (χ0) is 12.0. The summed E-state index contributed by atoms with van der Waals surface area (Å²) < 4.78 is 0. The van der Waals surface area contributed by atoms with Crippen LogP contribution < -0.4 is 5.73 Å². The molecule has 3 nitrogen and oxygen atoms in total. The van der Waals surface area contributed by atoms with Crippen molar-refractivity contribution in [2.24, 2.45) is 11.7 Å². The van der Waals surface area contributed by atoms with Gasteiger partial charge >= 0.3 is 0 Å². The molecule has 0 aromatic rings. The van der Waals surface area contributed by atoms with E-state index in [4.69, 9.17) is 5.73 Å². The molecule has 3 heteroatoms. The molecule has 0 saturated heterocycles. The molecule has 0 aromatic carbocycles. The van der Waals surface area contributed by atoms with Crippen molar-refractivity contribution >= 4 is 5.91 Å². The summed E-state index contributed by atoms with van der Waals surface area (Å²) in [5.41, 5.74) is 5.88. The molecule has 0 fully saturated rings. The number of likely N-dealkylation sites (N-methyl/N-ethyl adjacent to an activating group) is 1. The average Bonchev–Trinajstić information content (AvgIpc) is 2.17. The molecule has 0 unspecified atom stereocenters. The Morgan fingerprint density at radius 3 is 2.07 bits per heavy atom. The van der Waals surface area contributed by atoms with Crippen LogP contribution in [0.25, 0.3) is 0 Å². The van der Waals surface area contributed by atoms with Crippen LogP contribution in [-0.2, 0) is 4.79 Å². The highest BCUT2D eigenvalue weighted by molar-refractivity contribution is 5.81. The summed E-state index contributed by atoms with van der Waals surface area (Å²) >= 11 is 0. The SMILES string of the molecule is CCC(CC)N(C)C(=O)[C@@H](N)CC(C)C. The van der Waals surface area contributed by atoms with Crippen molar-refractivity contribution in [3.8, 4) is 0 Å². The molecule has 0 saturated carbocycles. The Kier molecular flexibility index (Phi) is 6.57. The van der Waals surface area contributed by atoms with Crippen LogP contribution in [0.5, 0.6) is 0 Å². The van der Waals surface area contributed by atoms with E-state index in [-0.39, 0.29) is 11.9 Å². The second-order valence-corrected chi connectivity index (χ2v) is 4.66. The topological polar surface area (TPSA) is 46.3 Å². The molecule has 1 atom stereocenters. The summed E-state index contributed by atoms with van der Waals surface area (Å²) in [5, 5.41) is 0. The number of nitrogens with zero attached hydrogens (tertiary/aromatic N) is 1. The number of hydrogen-bond acceptors (Lipinski definition) is 2. The van der Waals surface area contributed by atoms with Gasteiger partial charge in [0.1, 0.15) is 0 Å². The van der Waals surface area contributed by atoms with Gasteiger partial charge < -0.3 is 10.6 Å². The van der Waals surface area contributed by atoms with E-state index >= 15 is 0 Å². The normalized spacial score (nSPS) is 13.3. The third-order valence-corrected chi connectivity index (χ3v) is 2.88. The Hall–Kier alpha value is -0.570. The molecular formula is C12H26N2O. The Morgan fingerprint density at radius 2 is 1.73 bits per heavy atom. The Morgan fingerprint density at radius 1 is 1.27 bits per heavy atom. The third kappa shape index (κ3) is 4.65. The standard InChI is InChI=1S/C12H26N2O/c1-6-10(7-2)14(5)12(15)11(13)8-9(3)4/h9-11H,6-8,13H2,1-5H3/t11-/m0/s1. The van der Waals surface area contributed by atoms with E-state index in [9.17, 15) is 4.79 Å². The van der Waals surface area contributed by atoms with E-state index in [0.29, 0.717) is 12.0 Å². The van der Waals surface area contributed by atoms with Gasteiger partial charge in [-0.15, -0.1) is 0 Å². The van der Waals surface area contributed by atoms with Crippen molar-refractivity contribution < 1.29 is 4.79 Å². The summed E-state index contributed by atoms with van der Waals surface area (Å²) in [5.74, 6) is 0.552. The van der Waals surface area contributed by atoms with Crippen LogP contribution in [0.2, 0.25) is 0 Å². The maximum absolute atomic E-state index is 11.9. The van der Waals surface area contributed by atoms with Gasteiger partial charge in [-0.05, 0) is 25.2 Å². The lowest BCUT2D eigenvalue weighted by molar-refractivity contribution is -0.133. The molecule has 0 radical (unpaired) electrons. The van der Waals surface area contributed by atoms with Gasteiger partial charge in [0.2, 0.25) is 5.91 Å². The minimum Gasteiger partial charge on any atom is -0.341 e. The smallest absolute Gasteiger partial charge is 0.239 e. The molecule has 15 heavy (non-hydrogen) atoms. The predicted molar refractivity (Wildman–Crippen MR) is 64.6 cm³/mol. The molecule has 0 spiro atoms. The largest absolute Gasteiger partial charge is 0.341 e. The highest BCUT2D eigenvalue weighted by Crippen LogP contribution is 2.10. The van der Waals surface area contributed by atoms with E-state index in [1.54, 1.807) is 0 Å². The van der Waals surface area contributed by atoms with Gasteiger partial charge in [0.15, 0.2) is 0 Å². The second kappa shape index (κ2) is 6.83. The van der Waals surface area contributed by atoms with Crippen molar-refractivity contribution in [1.82, 2.24) is 4.90 Å². The maximum atomic E-state index is 11.9. The number of rotatable bonds is 6. The van der Waals surface area contributed by atoms with E-state index < -0.39 is 0 Å². The minimum atomic E-state index is -0.337. The van der Waals surface area contributed by atoms with E-state index in [1.807, 2.05) is 11.9 Å². The number of nitrogens with two attached hydrogens (primary N) is 1. The minimum absolute atomic E-state index is 0.0809. The summed E-state index contributed by atoms with van der Waals surface area (Å²) in [7, 11) is 1.86. The first-order valence-electron chi connectivity index (χ1n) is 5.96. The van der Waals surface area contributed by atoms with Crippen molar-refractivity contribution in [2.45, 2.75) is 59.0 Å². The highest BCUT2D eigenvalue weighted by Gasteiger charge is 2.22. The fourth-order valence-electron chi connectivity index (χ4n) is 1.89. The van der Waals surface area contributed by atoms with E-state index in [0.717, 1.165) is 19.3 Å². The zero-order valence-electron chi connectivity index (χ0n) is 10.8. The van der Waals surface area contributed by atoms with Crippen LogP contribution in [0.15, 0.2) is 0 Å². The first kappa shape index (κ1) is 14.4. The molecule has 0 aliphatic carbocycles. The van der Waals surface area contributed by atoms with Gasteiger partial charge in [0.05, 0.1) is 6.04 Å². The lowest BCUT2D eigenvalue weighted by atomic mass is 10.0. The van der Waals surface area contributed by atoms with Gasteiger partial charge in [-0.1, -0.05) is 27.7 Å². The Balaban J connectivity index is 4.29. The Bertz CT molecular complexity index is 188. The average molecular weight is 214 g/mol. The first-order chi connectivity index (χ1) is 6.93. The van der Waals surface area contributed by atoms with E-state index in [2.05, 4.69) is 27.7 Å². The van der Waals surface area contributed by atoms with Crippen LogP contribution in [0, 0.1) is 5.92 Å². The molecule has 0 aliphatic rings. The van der Waals surface area contributed by atoms with Crippen molar-refractivity contribution in [3.05, 3.63) is 0 Å². The summed E-state index contributed by atoms with van der Waals surface area (Å²) in [4.78, 5) is 13.8. The molecule has 0 bridgehead atoms. The van der Waals surface area contributed by atoms with E-state index in [1.165, 1.54) is 0 Å². The predicted octanol–water partition coefficient (Wildman–Crippen LogP) is 2.01. The quantitative estimate of drug-likeness (QED) is 0.735. The molecule has 0 aromatic heterocycles. The fourth-order valence-corrected chi connectivity index (χ4v) is 1.89. The lowest BCUT2D eigenvalue weighted by Gasteiger charge is -2.29. The van der Waals surface area contributed by atoms with Crippen LogP contribution in [0.3, 0.4) is 0 Å². The number of carbonyl (C=O) groups excluding carboxylic acids is 1. The van der Waals surface area contributed by atoms with Crippen molar-refractivity contribution in [1.29, 1.82) is 0 Å². The van der Waals surface area contributed by atoms with Gasteiger partial charge in [0.25, 0.3) is 0 Å². The summed E-state index contributed by atoms with van der Waals surface area (Å²) in [6, 6.07) is -0.00804. The van der Waals surface area contributed by atoms with Gasteiger partial charge in [0, 0.05) is 13.1 Å². The van der Waals surface area contributed by atoms with Crippen LogP contribution >= 0.6 is 0 Å². The third-order valence-electron chi connectivity index (χ3n) is 2.88. The monoisotopic (exact) mass is 214 g/mol. The van der Waals surface area contributed by atoms with Gasteiger partial charge in [-0.3, -0.25) is 4.79 Å². The fraction of sp³-hybridized carbons (Fsp3) is 0.917. The summed E-state index contributed by atoms with van der Waals surface area (Å²) in [6.45, 7) is 8.38. The van der Waals surface area contributed by atoms with Crippen LogP contribution in [-0.4, -0.2) is 29.9 Å². The maximum Gasteiger partial charge on any atom is 0.239 e. The molecule has 0 aliphatic heterocycles. The summed E-state index contributed by atoms with van der Waals surface area (Å²) in [6.07, 6.45) is 2.75. The molecule has 2 N–H and O–H groups in total. The zero-order valence-corrected chi connectivity index (χ0v) is 10.8. The Labute approximate surface area is 94.0 Å². The first-order valence-corrected chi connectivity index (χ1v) is 5.96. The molecule has 90 valence electrons. The molecular weight excluding hydrogens is 188 g/mol. The van der Waals surface area contributed by atoms with Crippen LogP contribution in [0.1, 0.15) is 47.0 Å². The number of hydrogen-bond donors (Lipinski definition) is 1. The number of carbonyl (C=O) groups is 1. The lowest BCUT2D eigenvalue weighted by Crippen LogP contribution is -2.46. The second-order valence-electron chi connectivity index (χ2n) is 4.66. The van der Waals surface area contributed by atoms with Gasteiger partial charge in [-0.2, -0.15) is 0 Å². The van der Waals surface area contributed by atoms with Crippen molar-refractivity contribution in [2.75, 3.05) is 7.05 Å². The van der Waals surface area contributed by atoms with Gasteiger partial charge in [-0.25, -0.2) is 0 Å².